The van der Waals surface area contributed by atoms with Crippen LogP contribution in [0, 0.1) is 10.1 Å². The summed E-state index contributed by atoms with van der Waals surface area (Å²) in [5, 5.41) is 38.4. The smallest absolute Gasteiger partial charge is 0.304 e. The van der Waals surface area contributed by atoms with Gasteiger partial charge in [-0.15, -0.1) is 0 Å². The molecule has 0 unspecified atom stereocenters. The minimum Gasteiger partial charge on any atom is -0.492 e. The van der Waals surface area contributed by atoms with Gasteiger partial charge in [0.2, 0.25) is 10.0 Å². The summed E-state index contributed by atoms with van der Waals surface area (Å²) >= 11 is 0. The Balaban J connectivity index is 2.22. The van der Waals surface area contributed by atoms with Gasteiger partial charge in [-0.05, 0) is 12.1 Å². The number of carbonyl (C=O) groups is 1. The van der Waals surface area contributed by atoms with Gasteiger partial charge in [0.25, 0.3) is 5.69 Å². The standard InChI is InChI=1S/C17H19N3O9S/c21-16(22)6-8-19(9-10-29-12-5-7-18-13(11-12)17(23)24)30(27,28)15-4-2-1-3-14(15)20(25)26/h1-5,7,11,17,23-24H,6,8-10H2,(H,21,22). The molecular formula is C17H19N3O9S. The van der Waals surface area contributed by atoms with Gasteiger partial charge in [0.05, 0.1) is 17.0 Å². The summed E-state index contributed by atoms with van der Waals surface area (Å²) in [6, 6.07) is 7.40. The van der Waals surface area contributed by atoms with Crippen LogP contribution in [0.2, 0.25) is 0 Å². The molecule has 1 aromatic carbocycles. The Kier molecular flexibility index (Phi) is 7.77. The largest absolute Gasteiger partial charge is 0.492 e. The molecule has 30 heavy (non-hydrogen) atoms. The molecule has 0 amide bonds. The van der Waals surface area contributed by atoms with Crippen LogP contribution in [0.5, 0.6) is 5.75 Å². The average Bonchev–Trinajstić information content (AvgIpc) is 2.70. The molecule has 1 aromatic heterocycles. The van der Waals surface area contributed by atoms with E-state index in [-0.39, 0.29) is 24.6 Å². The Morgan fingerprint density at radius 2 is 1.93 bits per heavy atom. The molecule has 3 N–H and O–H groups in total. The summed E-state index contributed by atoms with van der Waals surface area (Å²) in [7, 11) is -4.39. The molecule has 0 aliphatic rings. The molecule has 0 saturated carbocycles. The number of pyridine rings is 1. The van der Waals surface area contributed by atoms with E-state index in [4.69, 9.17) is 20.1 Å². The fraction of sp³-hybridized carbons (Fsp3) is 0.294. The Bertz CT molecular complexity index is 1010. The fourth-order valence-corrected chi connectivity index (χ4v) is 4.04. The van der Waals surface area contributed by atoms with E-state index in [9.17, 15) is 23.3 Å². The highest BCUT2D eigenvalue weighted by Gasteiger charge is 2.31. The van der Waals surface area contributed by atoms with Crippen molar-refractivity contribution in [2.45, 2.75) is 17.6 Å². The van der Waals surface area contributed by atoms with E-state index in [0.717, 1.165) is 16.4 Å². The van der Waals surface area contributed by atoms with Crippen molar-refractivity contribution in [1.29, 1.82) is 0 Å². The summed E-state index contributed by atoms with van der Waals surface area (Å²) in [6.07, 6.45) is -1.08. The van der Waals surface area contributed by atoms with Crippen molar-refractivity contribution in [1.82, 2.24) is 9.29 Å². The number of para-hydroxylation sites is 1. The molecule has 2 rings (SSSR count). The molecule has 0 aliphatic heterocycles. The summed E-state index contributed by atoms with van der Waals surface area (Å²) in [6.45, 7) is -0.963. The number of ether oxygens (including phenoxy) is 1. The Labute approximate surface area is 171 Å². The Morgan fingerprint density at radius 1 is 1.23 bits per heavy atom. The van der Waals surface area contributed by atoms with E-state index >= 15 is 0 Å². The third-order valence-corrected chi connectivity index (χ3v) is 5.83. The second-order valence-corrected chi connectivity index (χ2v) is 7.82. The highest BCUT2D eigenvalue weighted by Crippen LogP contribution is 2.26. The van der Waals surface area contributed by atoms with Gasteiger partial charge in [-0.25, -0.2) is 8.42 Å². The van der Waals surface area contributed by atoms with Gasteiger partial charge in [-0.3, -0.25) is 19.9 Å². The third kappa shape index (κ3) is 5.93. The number of nitro groups is 1. The van der Waals surface area contributed by atoms with E-state index < -0.39 is 50.8 Å². The number of aromatic nitrogens is 1. The van der Waals surface area contributed by atoms with Crippen molar-refractivity contribution in [3.8, 4) is 5.75 Å². The first kappa shape index (κ1) is 23.2. The molecule has 1 heterocycles. The number of hydrogen-bond acceptors (Lipinski definition) is 9. The second kappa shape index (κ2) is 10.1. The zero-order valence-corrected chi connectivity index (χ0v) is 16.3. The molecule has 0 spiro atoms. The van der Waals surface area contributed by atoms with Gasteiger partial charge in [-0.1, -0.05) is 12.1 Å². The summed E-state index contributed by atoms with van der Waals surface area (Å²) < 4.78 is 32.1. The molecule has 0 bridgehead atoms. The molecule has 0 aliphatic carbocycles. The molecule has 2 aromatic rings. The van der Waals surface area contributed by atoms with Crippen LogP contribution in [0.25, 0.3) is 0 Å². The number of benzene rings is 1. The highest BCUT2D eigenvalue weighted by atomic mass is 32.2. The van der Waals surface area contributed by atoms with Gasteiger partial charge < -0.3 is 20.1 Å². The van der Waals surface area contributed by atoms with Crippen LogP contribution < -0.4 is 4.74 Å². The summed E-state index contributed by atoms with van der Waals surface area (Å²) in [4.78, 5) is 24.4. The number of sulfonamides is 1. The number of carboxylic acids is 1. The molecule has 0 fully saturated rings. The molecular weight excluding hydrogens is 422 g/mol. The topological polar surface area (TPSA) is 180 Å². The van der Waals surface area contributed by atoms with Crippen LogP contribution in [0.3, 0.4) is 0 Å². The third-order valence-electron chi connectivity index (χ3n) is 3.88. The fourth-order valence-electron chi connectivity index (χ4n) is 2.46. The van der Waals surface area contributed by atoms with Crippen molar-refractivity contribution < 1.29 is 38.2 Å². The monoisotopic (exact) mass is 441 g/mol. The van der Waals surface area contributed by atoms with Crippen LogP contribution in [-0.2, 0) is 14.8 Å². The zero-order chi connectivity index (χ0) is 22.3. The van der Waals surface area contributed by atoms with Gasteiger partial charge in [-0.2, -0.15) is 4.31 Å². The Hall–Kier alpha value is -3.13. The predicted molar refractivity (Wildman–Crippen MR) is 101 cm³/mol. The molecule has 0 atom stereocenters. The van der Waals surface area contributed by atoms with Crippen LogP contribution in [0.15, 0.2) is 47.5 Å². The van der Waals surface area contributed by atoms with Gasteiger partial charge in [0.1, 0.15) is 12.4 Å². The van der Waals surface area contributed by atoms with Gasteiger partial charge >= 0.3 is 5.97 Å². The van der Waals surface area contributed by atoms with E-state index in [1.807, 2.05) is 0 Å². The van der Waals surface area contributed by atoms with Crippen LogP contribution in [-0.4, -0.2) is 63.6 Å². The van der Waals surface area contributed by atoms with Crippen molar-refractivity contribution in [2.75, 3.05) is 19.7 Å². The summed E-state index contributed by atoms with van der Waals surface area (Å²) in [5.41, 5.74) is -0.711. The highest BCUT2D eigenvalue weighted by molar-refractivity contribution is 7.89. The van der Waals surface area contributed by atoms with Gasteiger partial charge in [0.15, 0.2) is 11.2 Å². The lowest BCUT2D eigenvalue weighted by Crippen LogP contribution is -2.36. The van der Waals surface area contributed by atoms with Crippen LogP contribution >= 0.6 is 0 Å². The number of rotatable bonds is 11. The molecule has 0 saturated heterocycles. The molecule has 0 radical (unpaired) electrons. The number of carboxylic acid groups (broad SMARTS) is 1. The van der Waals surface area contributed by atoms with E-state index in [2.05, 4.69) is 4.98 Å². The minimum atomic E-state index is -4.39. The van der Waals surface area contributed by atoms with E-state index in [1.54, 1.807) is 0 Å². The number of aliphatic hydroxyl groups is 2. The van der Waals surface area contributed by atoms with Crippen molar-refractivity contribution in [3.63, 3.8) is 0 Å². The first-order valence-electron chi connectivity index (χ1n) is 8.53. The van der Waals surface area contributed by atoms with Crippen molar-refractivity contribution >= 4 is 21.7 Å². The van der Waals surface area contributed by atoms with Crippen molar-refractivity contribution in [3.05, 3.63) is 58.4 Å². The average molecular weight is 441 g/mol. The number of nitrogens with zero attached hydrogens (tertiary/aromatic N) is 3. The maximum absolute atomic E-state index is 13.0. The minimum absolute atomic E-state index is 0.0808. The number of aliphatic carboxylic acids is 1. The molecule has 13 heteroatoms. The summed E-state index contributed by atoms with van der Waals surface area (Å²) in [5.74, 6) is -1.07. The quantitative estimate of drug-likeness (QED) is 0.253. The lowest BCUT2D eigenvalue weighted by Gasteiger charge is -2.21. The lowest BCUT2D eigenvalue weighted by molar-refractivity contribution is -0.387. The number of aliphatic hydroxyl groups excluding tert-OH is 1. The van der Waals surface area contributed by atoms with Crippen LogP contribution in [0.4, 0.5) is 5.69 Å². The lowest BCUT2D eigenvalue weighted by atomic mass is 10.3. The first-order valence-corrected chi connectivity index (χ1v) is 9.97. The van der Waals surface area contributed by atoms with E-state index in [0.29, 0.717) is 0 Å². The van der Waals surface area contributed by atoms with Crippen molar-refractivity contribution in [2.24, 2.45) is 0 Å². The second-order valence-electron chi connectivity index (χ2n) is 5.91. The first-order chi connectivity index (χ1) is 14.1. The van der Waals surface area contributed by atoms with Gasteiger partial charge in [0, 0.05) is 31.4 Å². The molecule has 162 valence electrons. The number of nitro benzene ring substituents is 1. The molecule has 12 nitrogen and oxygen atoms in total. The Morgan fingerprint density at radius 3 is 2.57 bits per heavy atom. The zero-order valence-electron chi connectivity index (χ0n) is 15.5. The number of hydrogen-bond donors (Lipinski definition) is 3. The normalized spacial score (nSPS) is 11.6. The maximum atomic E-state index is 13.0. The van der Waals surface area contributed by atoms with Crippen LogP contribution in [0.1, 0.15) is 18.4 Å². The SMILES string of the molecule is O=C(O)CCN(CCOc1ccnc(C(O)O)c1)S(=O)(=O)c1ccccc1[N+](=O)[O-]. The maximum Gasteiger partial charge on any atom is 0.304 e. The van der Waals surface area contributed by atoms with E-state index in [1.165, 1.54) is 30.5 Å². The predicted octanol–water partition coefficient (Wildman–Crippen LogP) is 0.517.